The third-order valence-electron chi connectivity index (χ3n) is 1.63. The highest BCUT2D eigenvalue weighted by molar-refractivity contribution is 6.28. The maximum Gasteiger partial charge on any atom is 0.387 e. The summed E-state index contributed by atoms with van der Waals surface area (Å²) < 4.78 is 32.9. The molecule has 2 rings (SSSR count). The van der Waals surface area contributed by atoms with Gasteiger partial charge in [0.2, 0.25) is 11.2 Å². The van der Waals surface area contributed by atoms with Crippen LogP contribution >= 0.6 is 11.6 Å². The average molecular weight is 275 g/mol. The van der Waals surface area contributed by atoms with Gasteiger partial charge in [0, 0.05) is 12.3 Å². The highest BCUT2D eigenvalue weighted by Gasteiger charge is 2.07. The van der Waals surface area contributed by atoms with Crippen molar-refractivity contribution in [1.29, 1.82) is 0 Å². The van der Waals surface area contributed by atoms with Crippen molar-refractivity contribution in [2.24, 2.45) is 0 Å². The van der Waals surface area contributed by atoms with Gasteiger partial charge in [-0.3, -0.25) is 0 Å². The zero-order chi connectivity index (χ0) is 13.0. The summed E-state index contributed by atoms with van der Waals surface area (Å²) in [6.07, 6.45) is 3.49. The van der Waals surface area contributed by atoms with Crippen molar-refractivity contribution in [2.75, 3.05) is 0 Å². The lowest BCUT2D eigenvalue weighted by Crippen LogP contribution is -2.03. The Kier molecular flexibility index (Phi) is 3.78. The Balaban J connectivity index is 2.06. The lowest BCUT2D eigenvalue weighted by atomic mass is 10.6. The molecule has 0 radical (unpaired) electrons. The molecule has 6 nitrogen and oxygen atoms in total. The Morgan fingerprint density at radius 3 is 2.50 bits per heavy atom. The molecule has 0 saturated heterocycles. The number of aromatic nitrogens is 4. The van der Waals surface area contributed by atoms with E-state index >= 15 is 0 Å². The van der Waals surface area contributed by atoms with Gasteiger partial charge >= 0.3 is 12.6 Å². The van der Waals surface area contributed by atoms with Crippen LogP contribution in [0.4, 0.5) is 8.78 Å². The predicted octanol–water partition coefficient (Wildman–Crippen LogP) is 2.31. The van der Waals surface area contributed by atoms with Gasteiger partial charge in [0.15, 0.2) is 5.75 Å². The summed E-state index contributed by atoms with van der Waals surface area (Å²) in [6, 6.07) is 1.37. The Bertz CT molecular complexity index is 526. The summed E-state index contributed by atoms with van der Waals surface area (Å²) in [6.45, 7) is -2.93. The molecule has 2 aromatic heterocycles. The molecular weight excluding hydrogens is 270 g/mol. The summed E-state index contributed by atoms with van der Waals surface area (Å²) >= 11 is 5.55. The van der Waals surface area contributed by atoms with E-state index in [-0.39, 0.29) is 22.9 Å². The van der Waals surface area contributed by atoms with E-state index in [2.05, 4.69) is 24.7 Å². The molecular formula is C9H5ClF2N4O2. The second-order valence-electron chi connectivity index (χ2n) is 2.85. The normalized spacial score (nSPS) is 10.4. The van der Waals surface area contributed by atoms with Gasteiger partial charge in [-0.2, -0.15) is 23.7 Å². The third-order valence-corrected chi connectivity index (χ3v) is 1.81. The predicted molar refractivity (Wildman–Crippen MR) is 55.8 cm³/mol. The molecule has 0 atom stereocenters. The lowest BCUT2D eigenvalue weighted by molar-refractivity contribution is -0.0503. The van der Waals surface area contributed by atoms with Crippen LogP contribution in [-0.2, 0) is 0 Å². The van der Waals surface area contributed by atoms with Gasteiger partial charge in [0.1, 0.15) is 0 Å². The summed E-state index contributed by atoms with van der Waals surface area (Å²) in [5, 5.41) is 0.00477. The number of hydrogen-bond donors (Lipinski definition) is 0. The number of rotatable bonds is 4. The van der Waals surface area contributed by atoms with E-state index in [1.807, 2.05) is 0 Å². The Hall–Kier alpha value is -2.09. The molecule has 2 heterocycles. The van der Waals surface area contributed by atoms with E-state index in [9.17, 15) is 8.78 Å². The van der Waals surface area contributed by atoms with Gasteiger partial charge in [-0.1, -0.05) is 0 Å². The Morgan fingerprint density at radius 2 is 1.89 bits per heavy atom. The third kappa shape index (κ3) is 3.45. The van der Waals surface area contributed by atoms with Crippen LogP contribution in [0.2, 0.25) is 5.28 Å². The van der Waals surface area contributed by atoms with E-state index in [4.69, 9.17) is 16.3 Å². The topological polar surface area (TPSA) is 70.0 Å². The van der Waals surface area contributed by atoms with Crippen LogP contribution in [0, 0.1) is 0 Å². The summed E-state index contributed by atoms with van der Waals surface area (Å²) in [4.78, 5) is 14.7. The van der Waals surface area contributed by atoms with E-state index in [0.717, 1.165) is 12.4 Å². The molecule has 0 unspecified atom stereocenters. The molecule has 9 heteroatoms. The minimum atomic E-state index is -2.93. The van der Waals surface area contributed by atoms with Crippen LogP contribution in [0.1, 0.15) is 0 Å². The number of hydrogen-bond acceptors (Lipinski definition) is 6. The molecule has 0 aliphatic rings. The van der Waals surface area contributed by atoms with Crippen molar-refractivity contribution in [2.45, 2.75) is 6.61 Å². The fourth-order valence-corrected chi connectivity index (χ4v) is 1.13. The van der Waals surface area contributed by atoms with Crippen LogP contribution in [0.25, 0.3) is 0 Å². The average Bonchev–Trinajstić information content (AvgIpc) is 2.31. The molecule has 0 bridgehead atoms. The molecule has 0 spiro atoms. The van der Waals surface area contributed by atoms with Crippen LogP contribution < -0.4 is 9.47 Å². The van der Waals surface area contributed by atoms with E-state index in [1.54, 1.807) is 0 Å². The van der Waals surface area contributed by atoms with Crippen molar-refractivity contribution in [3.8, 4) is 17.6 Å². The van der Waals surface area contributed by atoms with Gasteiger partial charge in [0.25, 0.3) is 0 Å². The minimum Gasteiger partial charge on any atom is -0.432 e. The van der Waals surface area contributed by atoms with Gasteiger partial charge in [-0.25, -0.2) is 4.98 Å². The number of nitrogens with zero attached hydrogens (tertiary/aromatic N) is 4. The molecule has 0 fully saturated rings. The van der Waals surface area contributed by atoms with Gasteiger partial charge in [-0.05, 0) is 11.6 Å². The van der Waals surface area contributed by atoms with Crippen LogP contribution in [-0.4, -0.2) is 26.5 Å². The summed E-state index contributed by atoms with van der Waals surface area (Å²) in [5.41, 5.74) is 0. The highest BCUT2D eigenvalue weighted by atomic mass is 35.5. The molecule has 0 saturated carbocycles. The fraction of sp³-hybridized carbons (Fsp3) is 0.111. The quantitative estimate of drug-likeness (QED) is 0.797. The van der Waals surface area contributed by atoms with Crippen LogP contribution in [0.15, 0.2) is 24.7 Å². The second-order valence-corrected chi connectivity index (χ2v) is 3.18. The molecule has 0 N–H and O–H groups in total. The molecule has 0 aliphatic carbocycles. The van der Waals surface area contributed by atoms with E-state index in [0.29, 0.717) is 0 Å². The number of alkyl halides is 2. The second kappa shape index (κ2) is 5.50. The monoisotopic (exact) mass is 274 g/mol. The first-order valence-corrected chi connectivity index (χ1v) is 4.94. The van der Waals surface area contributed by atoms with E-state index in [1.165, 1.54) is 12.3 Å². The number of halogens is 3. The Labute approximate surface area is 105 Å². The smallest absolute Gasteiger partial charge is 0.387 e. The molecule has 0 aromatic carbocycles. The SMILES string of the molecule is FC(F)Oc1cnc(Oc2ccnc(Cl)n2)nc1. The standard InChI is InChI=1S/C9H5ClF2N4O2/c10-7-13-2-1-6(16-7)18-9-14-3-5(4-15-9)17-8(11)12/h1-4,8H. The molecule has 94 valence electrons. The zero-order valence-electron chi connectivity index (χ0n) is 8.63. The largest absolute Gasteiger partial charge is 0.432 e. The highest BCUT2D eigenvalue weighted by Crippen LogP contribution is 2.18. The maximum atomic E-state index is 11.9. The summed E-state index contributed by atoms with van der Waals surface area (Å²) in [7, 11) is 0. The van der Waals surface area contributed by atoms with Crippen molar-refractivity contribution < 1.29 is 18.3 Å². The first-order chi connectivity index (χ1) is 8.63. The van der Waals surface area contributed by atoms with Crippen molar-refractivity contribution >= 4 is 11.6 Å². The maximum absolute atomic E-state index is 11.9. The first kappa shape index (κ1) is 12.4. The zero-order valence-corrected chi connectivity index (χ0v) is 9.38. The number of ether oxygens (including phenoxy) is 2. The van der Waals surface area contributed by atoms with Crippen molar-refractivity contribution in [3.63, 3.8) is 0 Å². The van der Waals surface area contributed by atoms with Gasteiger partial charge < -0.3 is 9.47 Å². The van der Waals surface area contributed by atoms with Crippen LogP contribution in [0.5, 0.6) is 17.6 Å². The lowest BCUT2D eigenvalue weighted by Gasteiger charge is -2.04. The van der Waals surface area contributed by atoms with E-state index < -0.39 is 6.61 Å². The van der Waals surface area contributed by atoms with Gasteiger partial charge in [-0.15, -0.1) is 0 Å². The molecule has 0 amide bonds. The minimum absolute atomic E-state index is 0.00477. The molecule has 2 aromatic rings. The molecule has 0 aliphatic heterocycles. The molecule has 18 heavy (non-hydrogen) atoms. The Morgan fingerprint density at radius 1 is 1.17 bits per heavy atom. The first-order valence-electron chi connectivity index (χ1n) is 4.57. The summed E-state index contributed by atoms with van der Waals surface area (Å²) in [5.74, 6) is -0.0319. The fourth-order valence-electron chi connectivity index (χ4n) is 0.991. The van der Waals surface area contributed by atoms with Crippen molar-refractivity contribution in [3.05, 3.63) is 29.9 Å². The van der Waals surface area contributed by atoms with Crippen molar-refractivity contribution in [1.82, 2.24) is 19.9 Å². The van der Waals surface area contributed by atoms with Gasteiger partial charge in [0.05, 0.1) is 12.4 Å². The van der Waals surface area contributed by atoms with Crippen LogP contribution in [0.3, 0.4) is 0 Å².